The molecule has 1 aliphatic carbocycles. The number of carbonyl (C=O) groups excluding carboxylic acids is 1. The van der Waals surface area contributed by atoms with Gasteiger partial charge >= 0.3 is 5.97 Å². The fourth-order valence-electron chi connectivity index (χ4n) is 4.65. The molecule has 0 bridgehead atoms. The molecule has 6 rings (SSSR count). The smallest absolute Gasteiger partial charge is 0.303 e. The average molecular weight is 507 g/mol. The maximum Gasteiger partial charge on any atom is 0.303 e. The number of hydrazone groups is 1. The zero-order valence-corrected chi connectivity index (χ0v) is 20.7. The molecule has 1 aliphatic heterocycles. The number of aliphatic carboxylic acids is 1. The third-order valence-electron chi connectivity index (χ3n) is 6.83. The molecule has 2 aliphatic rings. The number of hydrogen-bond donors (Lipinski definition) is 1. The Morgan fingerprint density at radius 2 is 1.50 bits per heavy atom. The molecule has 1 aromatic heterocycles. The highest BCUT2D eigenvalue weighted by atomic mass is 16.5. The van der Waals surface area contributed by atoms with Crippen molar-refractivity contribution in [2.24, 2.45) is 5.10 Å². The molecule has 8 heteroatoms. The van der Waals surface area contributed by atoms with Crippen molar-refractivity contribution in [2.45, 2.75) is 44.2 Å². The second kappa shape index (κ2) is 10.0. The van der Waals surface area contributed by atoms with Gasteiger partial charge in [0.25, 0.3) is 0 Å². The van der Waals surface area contributed by atoms with E-state index in [1.165, 1.54) is 5.01 Å². The molecule has 1 saturated carbocycles. The van der Waals surface area contributed by atoms with Crippen molar-refractivity contribution >= 4 is 28.6 Å². The van der Waals surface area contributed by atoms with Gasteiger partial charge < -0.3 is 9.84 Å². The second-order valence-corrected chi connectivity index (χ2v) is 9.62. The maximum absolute atomic E-state index is 13.0. The molecule has 0 spiro atoms. The van der Waals surface area contributed by atoms with E-state index in [4.69, 9.17) is 9.84 Å². The largest absolute Gasteiger partial charge is 0.490 e. The van der Waals surface area contributed by atoms with Crippen molar-refractivity contribution in [1.29, 1.82) is 0 Å². The Labute approximate surface area is 219 Å². The summed E-state index contributed by atoms with van der Waals surface area (Å²) in [4.78, 5) is 32.8. The highest BCUT2D eigenvalue weighted by Gasteiger charge is 2.33. The molecule has 1 unspecified atom stereocenters. The van der Waals surface area contributed by atoms with Gasteiger partial charge in [-0.1, -0.05) is 42.5 Å². The van der Waals surface area contributed by atoms with Crippen LogP contribution >= 0.6 is 0 Å². The number of hydrogen-bond acceptors (Lipinski definition) is 6. The van der Waals surface area contributed by atoms with Crippen molar-refractivity contribution < 1.29 is 19.4 Å². The van der Waals surface area contributed by atoms with Crippen LogP contribution in [0.4, 0.5) is 0 Å². The van der Waals surface area contributed by atoms with Crippen LogP contribution in [0.3, 0.4) is 0 Å². The lowest BCUT2D eigenvalue weighted by atomic mass is 9.96. The monoisotopic (exact) mass is 506 g/mol. The average Bonchev–Trinajstić information content (AvgIpc) is 3.65. The van der Waals surface area contributed by atoms with Crippen molar-refractivity contribution in [3.05, 3.63) is 90.3 Å². The number of ether oxygens (including phenoxy) is 1. The molecule has 4 aromatic rings. The van der Waals surface area contributed by atoms with E-state index in [-0.39, 0.29) is 24.8 Å². The summed E-state index contributed by atoms with van der Waals surface area (Å²) >= 11 is 0. The molecular weight excluding hydrogens is 480 g/mol. The molecule has 1 fully saturated rings. The number of benzene rings is 3. The molecule has 0 saturated heterocycles. The summed E-state index contributed by atoms with van der Waals surface area (Å²) in [6.07, 6.45) is 6.06. The first-order chi connectivity index (χ1) is 18.5. The number of amides is 1. The Bertz CT molecular complexity index is 1530. The van der Waals surface area contributed by atoms with Crippen LogP contribution in [-0.4, -0.2) is 43.8 Å². The summed E-state index contributed by atoms with van der Waals surface area (Å²) in [6.45, 7) is 0. The molecular formula is C30H26N4O4. The minimum absolute atomic E-state index is 0.116. The Morgan fingerprint density at radius 1 is 0.842 bits per heavy atom. The minimum Gasteiger partial charge on any atom is -0.490 e. The lowest BCUT2D eigenvalue weighted by Crippen LogP contribution is -2.27. The van der Waals surface area contributed by atoms with E-state index in [0.717, 1.165) is 57.6 Å². The Hall–Kier alpha value is -4.59. The summed E-state index contributed by atoms with van der Waals surface area (Å²) < 4.78 is 5.84. The third-order valence-corrected chi connectivity index (χ3v) is 6.83. The fraction of sp³-hybridized carbons (Fsp3) is 0.233. The van der Waals surface area contributed by atoms with E-state index >= 15 is 0 Å². The molecule has 2 heterocycles. The highest BCUT2D eigenvalue weighted by Crippen LogP contribution is 2.35. The van der Waals surface area contributed by atoms with Crippen molar-refractivity contribution in [1.82, 2.24) is 15.0 Å². The van der Waals surface area contributed by atoms with E-state index in [1.807, 2.05) is 54.6 Å². The Morgan fingerprint density at radius 3 is 2.18 bits per heavy atom. The predicted molar refractivity (Wildman–Crippen MR) is 143 cm³/mol. The molecule has 1 N–H and O–H groups in total. The first-order valence-electron chi connectivity index (χ1n) is 12.7. The van der Waals surface area contributed by atoms with Crippen molar-refractivity contribution in [3.63, 3.8) is 0 Å². The lowest BCUT2D eigenvalue weighted by molar-refractivity contribution is -0.141. The number of carboxylic acids is 1. The predicted octanol–water partition coefficient (Wildman–Crippen LogP) is 5.38. The van der Waals surface area contributed by atoms with Crippen LogP contribution in [0.5, 0.6) is 5.75 Å². The van der Waals surface area contributed by atoms with Crippen LogP contribution in [0.2, 0.25) is 0 Å². The van der Waals surface area contributed by atoms with Crippen LogP contribution in [0, 0.1) is 0 Å². The van der Waals surface area contributed by atoms with Gasteiger partial charge in [0.15, 0.2) is 0 Å². The van der Waals surface area contributed by atoms with Gasteiger partial charge in [-0.3, -0.25) is 19.6 Å². The van der Waals surface area contributed by atoms with E-state index in [1.54, 1.807) is 12.4 Å². The van der Waals surface area contributed by atoms with E-state index in [9.17, 15) is 9.59 Å². The normalized spacial score (nSPS) is 16.9. The maximum atomic E-state index is 13.0. The van der Waals surface area contributed by atoms with Crippen LogP contribution in [-0.2, 0) is 9.59 Å². The lowest BCUT2D eigenvalue weighted by Gasteiger charge is -2.22. The van der Waals surface area contributed by atoms with Gasteiger partial charge in [-0.05, 0) is 59.4 Å². The van der Waals surface area contributed by atoms with E-state index in [0.29, 0.717) is 12.5 Å². The summed E-state index contributed by atoms with van der Waals surface area (Å²) in [5.41, 5.74) is 6.24. The van der Waals surface area contributed by atoms with Crippen molar-refractivity contribution in [2.75, 3.05) is 0 Å². The van der Waals surface area contributed by atoms with Gasteiger partial charge in [0.2, 0.25) is 5.91 Å². The number of aromatic nitrogens is 2. The number of nitrogens with zero attached hydrogens (tertiary/aromatic N) is 4. The van der Waals surface area contributed by atoms with Gasteiger partial charge in [-0.15, -0.1) is 0 Å². The van der Waals surface area contributed by atoms with Gasteiger partial charge in [0, 0.05) is 25.2 Å². The number of carbonyl (C=O) groups is 2. The summed E-state index contributed by atoms with van der Waals surface area (Å²) in [5, 5.41) is 15.2. The fourth-order valence-corrected chi connectivity index (χ4v) is 4.65. The Balaban J connectivity index is 1.25. The zero-order chi connectivity index (χ0) is 26.1. The number of carboxylic acid groups (broad SMARTS) is 1. The number of fused-ring (bicyclic) bond motifs is 1. The topological polar surface area (TPSA) is 105 Å². The molecule has 3 aromatic carbocycles. The van der Waals surface area contributed by atoms with E-state index < -0.39 is 5.97 Å². The van der Waals surface area contributed by atoms with Gasteiger partial charge in [0.05, 0.1) is 35.3 Å². The first-order valence-corrected chi connectivity index (χ1v) is 12.7. The van der Waals surface area contributed by atoms with Crippen LogP contribution < -0.4 is 4.74 Å². The van der Waals surface area contributed by atoms with Gasteiger partial charge in [-0.25, -0.2) is 5.01 Å². The third kappa shape index (κ3) is 5.11. The van der Waals surface area contributed by atoms with Gasteiger partial charge in [0.1, 0.15) is 5.75 Å². The van der Waals surface area contributed by atoms with Gasteiger partial charge in [-0.2, -0.15) is 5.10 Å². The molecule has 38 heavy (non-hydrogen) atoms. The summed E-state index contributed by atoms with van der Waals surface area (Å²) in [6, 6.07) is 21.6. The number of rotatable bonds is 8. The zero-order valence-electron chi connectivity index (χ0n) is 20.7. The Kier molecular flexibility index (Phi) is 6.29. The molecule has 190 valence electrons. The molecule has 0 radical (unpaired) electrons. The first kappa shape index (κ1) is 23.8. The highest BCUT2D eigenvalue weighted by molar-refractivity contribution is 6.03. The SMILES string of the molecule is O=C(O)CCC(=O)N1N=C(c2ccc(-c3ccc(OC4CC4)cc3)cc2)CC1c1ccc2nccnc2c1. The molecule has 1 amide bonds. The van der Waals surface area contributed by atoms with Crippen LogP contribution in [0.1, 0.15) is 49.3 Å². The standard InChI is InChI=1S/C30H26N4O4/c35-29(13-14-30(36)37)34-28(22-7-12-25-27(17-22)32-16-15-31-25)18-26(33-34)21-3-1-19(2-4-21)20-5-8-23(9-6-20)38-24-10-11-24/h1-9,12,15-17,24,28H,10-11,13-14,18H2,(H,36,37). The second-order valence-electron chi connectivity index (χ2n) is 9.62. The summed E-state index contributed by atoms with van der Waals surface area (Å²) in [7, 11) is 0. The quantitative estimate of drug-likeness (QED) is 0.344. The van der Waals surface area contributed by atoms with Crippen LogP contribution in [0.15, 0.2) is 84.2 Å². The molecule has 1 atom stereocenters. The minimum atomic E-state index is -1.01. The van der Waals surface area contributed by atoms with Crippen molar-refractivity contribution in [3.8, 4) is 16.9 Å². The summed E-state index contributed by atoms with van der Waals surface area (Å²) in [5.74, 6) is -0.440. The molecule has 8 nitrogen and oxygen atoms in total. The van der Waals surface area contributed by atoms with Crippen LogP contribution in [0.25, 0.3) is 22.2 Å². The van der Waals surface area contributed by atoms with E-state index in [2.05, 4.69) is 27.2 Å².